The van der Waals surface area contributed by atoms with Crippen LogP contribution in [0.5, 0.6) is 5.75 Å². The van der Waals surface area contributed by atoms with E-state index in [2.05, 4.69) is 28.9 Å². The van der Waals surface area contributed by atoms with Crippen molar-refractivity contribution in [2.24, 2.45) is 0 Å². The van der Waals surface area contributed by atoms with E-state index >= 15 is 0 Å². The third-order valence-corrected chi connectivity index (χ3v) is 3.79. The number of carbonyl (C=O) groups excluding carboxylic acids is 1. The fourth-order valence-corrected chi connectivity index (χ4v) is 2.27. The van der Waals surface area contributed by atoms with Crippen molar-refractivity contribution in [3.05, 3.63) is 59.4 Å². The predicted octanol–water partition coefficient (Wildman–Crippen LogP) is 4.64. The molecule has 1 aromatic carbocycles. The van der Waals surface area contributed by atoms with Gasteiger partial charge in [-0.1, -0.05) is 26.0 Å². The number of hydrogen-bond donors (Lipinski definition) is 1. The molecule has 26 heavy (non-hydrogen) atoms. The number of halogens is 3. The summed E-state index contributed by atoms with van der Waals surface area (Å²) in [5.41, 5.74) is 2.20. The van der Waals surface area contributed by atoms with Crippen LogP contribution in [0.25, 0.3) is 0 Å². The molecule has 1 N–H and O–H groups in total. The SMILES string of the molecule is CC(C)c1ccc(C(=O)NC(C)c2ccc(OCC(F)(F)F)cn2)cc1. The summed E-state index contributed by atoms with van der Waals surface area (Å²) in [4.78, 5) is 16.4. The van der Waals surface area contributed by atoms with Crippen molar-refractivity contribution >= 4 is 5.91 Å². The smallest absolute Gasteiger partial charge is 0.422 e. The first-order chi connectivity index (χ1) is 12.2. The van der Waals surface area contributed by atoms with Gasteiger partial charge in [0.15, 0.2) is 6.61 Å². The minimum Gasteiger partial charge on any atom is -0.483 e. The van der Waals surface area contributed by atoms with E-state index in [-0.39, 0.29) is 11.7 Å². The van der Waals surface area contributed by atoms with Gasteiger partial charge < -0.3 is 10.1 Å². The van der Waals surface area contributed by atoms with Gasteiger partial charge in [-0.25, -0.2) is 0 Å². The summed E-state index contributed by atoms with van der Waals surface area (Å²) in [5, 5.41) is 2.81. The van der Waals surface area contributed by atoms with Crippen LogP contribution in [0.4, 0.5) is 13.2 Å². The Morgan fingerprint density at radius 2 is 1.77 bits per heavy atom. The molecule has 0 bridgehead atoms. The third-order valence-electron chi connectivity index (χ3n) is 3.79. The number of pyridine rings is 1. The van der Waals surface area contributed by atoms with Gasteiger partial charge in [0, 0.05) is 5.56 Å². The maximum atomic E-state index is 12.3. The van der Waals surface area contributed by atoms with Gasteiger partial charge in [0.05, 0.1) is 17.9 Å². The molecule has 0 spiro atoms. The highest BCUT2D eigenvalue weighted by molar-refractivity contribution is 5.94. The molecular formula is C19H21F3N2O2. The summed E-state index contributed by atoms with van der Waals surface area (Å²) in [6, 6.07) is 9.87. The zero-order valence-electron chi connectivity index (χ0n) is 14.8. The van der Waals surface area contributed by atoms with Crippen molar-refractivity contribution in [1.29, 1.82) is 0 Å². The largest absolute Gasteiger partial charge is 0.483 e. The molecule has 0 saturated carbocycles. The summed E-state index contributed by atoms with van der Waals surface area (Å²) in [7, 11) is 0. The van der Waals surface area contributed by atoms with Crippen LogP contribution >= 0.6 is 0 Å². The number of rotatable bonds is 6. The lowest BCUT2D eigenvalue weighted by Crippen LogP contribution is -2.27. The van der Waals surface area contributed by atoms with Gasteiger partial charge >= 0.3 is 6.18 Å². The molecule has 0 aliphatic carbocycles. The Kier molecular flexibility index (Phi) is 6.23. The maximum Gasteiger partial charge on any atom is 0.422 e. The molecule has 140 valence electrons. The van der Waals surface area contributed by atoms with Gasteiger partial charge in [0.1, 0.15) is 5.75 Å². The zero-order chi connectivity index (χ0) is 19.3. The summed E-state index contributed by atoms with van der Waals surface area (Å²) in [5.74, 6) is 0.161. The van der Waals surface area contributed by atoms with Gasteiger partial charge in [0.2, 0.25) is 0 Å². The fraction of sp³-hybridized carbons (Fsp3) is 0.368. The minimum absolute atomic E-state index is 0.0221. The monoisotopic (exact) mass is 366 g/mol. The maximum absolute atomic E-state index is 12.3. The van der Waals surface area contributed by atoms with Crippen molar-refractivity contribution in [3.63, 3.8) is 0 Å². The first kappa shape index (κ1) is 19.8. The molecule has 1 heterocycles. The first-order valence-electron chi connectivity index (χ1n) is 8.22. The van der Waals surface area contributed by atoms with Gasteiger partial charge in [-0.15, -0.1) is 0 Å². The summed E-state index contributed by atoms with van der Waals surface area (Å²) in [6.07, 6.45) is -3.19. The van der Waals surface area contributed by atoms with E-state index < -0.39 is 18.8 Å². The van der Waals surface area contributed by atoms with Crippen molar-refractivity contribution in [1.82, 2.24) is 10.3 Å². The number of aromatic nitrogens is 1. The van der Waals surface area contributed by atoms with E-state index in [0.717, 1.165) is 5.56 Å². The molecule has 1 amide bonds. The van der Waals surface area contributed by atoms with Crippen LogP contribution < -0.4 is 10.1 Å². The zero-order valence-corrected chi connectivity index (χ0v) is 14.8. The van der Waals surface area contributed by atoms with Gasteiger partial charge in [-0.2, -0.15) is 13.2 Å². The van der Waals surface area contributed by atoms with Crippen LogP contribution in [-0.2, 0) is 0 Å². The highest BCUT2D eigenvalue weighted by Crippen LogP contribution is 2.20. The second-order valence-electron chi connectivity index (χ2n) is 6.29. The van der Waals surface area contributed by atoms with E-state index in [0.29, 0.717) is 17.2 Å². The van der Waals surface area contributed by atoms with E-state index in [1.807, 2.05) is 12.1 Å². The second kappa shape index (κ2) is 8.21. The van der Waals surface area contributed by atoms with Crippen molar-refractivity contribution < 1.29 is 22.7 Å². The van der Waals surface area contributed by atoms with Crippen molar-refractivity contribution in [3.8, 4) is 5.75 Å². The van der Waals surface area contributed by atoms with E-state index in [9.17, 15) is 18.0 Å². The van der Waals surface area contributed by atoms with Gasteiger partial charge in [-0.05, 0) is 42.7 Å². The Hall–Kier alpha value is -2.57. The van der Waals surface area contributed by atoms with Crippen molar-refractivity contribution in [2.45, 2.75) is 38.9 Å². The molecule has 2 rings (SSSR count). The number of amides is 1. The summed E-state index contributed by atoms with van der Waals surface area (Å²) < 4.78 is 41.0. The molecule has 1 aromatic heterocycles. The fourth-order valence-electron chi connectivity index (χ4n) is 2.27. The van der Waals surface area contributed by atoms with Crippen molar-refractivity contribution in [2.75, 3.05) is 6.61 Å². The van der Waals surface area contributed by atoms with Crippen LogP contribution in [-0.4, -0.2) is 23.7 Å². The Bertz CT molecular complexity index is 726. The number of ether oxygens (including phenoxy) is 1. The Labute approximate surface area is 150 Å². The lowest BCUT2D eigenvalue weighted by molar-refractivity contribution is -0.153. The number of benzene rings is 1. The standard InChI is InChI=1S/C19H21F3N2O2/c1-12(2)14-4-6-15(7-5-14)18(25)24-13(3)17-9-8-16(10-23-17)26-11-19(20,21)22/h4-10,12-13H,11H2,1-3H3,(H,24,25). The molecule has 2 aromatic rings. The molecule has 0 fully saturated rings. The lowest BCUT2D eigenvalue weighted by Gasteiger charge is -2.15. The number of nitrogens with one attached hydrogen (secondary N) is 1. The normalized spacial score (nSPS) is 12.7. The quantitative estimate of drug-likeness (QED) is 0.810. The second-order valence-corrected chi connectivity index (χ2v) is 6.29. The Balaban J connectivity index is 1.96. The minimum atomic E-state index is -4.40. The van der Waals surface area contributed by atoms with Gasteiger partial charge in [-0.3, -0.25) is 9.78 Å². The highest BCUT2D eigenvalue weighted by atomic mass is 19.4. The summed E-state index contributed by atoms with van der Waals surface area (Å²) >= 11 is 0. The Morgan fingerprint density at radius 3 is 2.27 bits per heavy atom. The molecule has 0 aliphatic rings. The molecule has 1 unspecified atom stereocenters. The molecule has 7 heteroatoms. The average molecular weight is 366 g/mol. The van der Waals surface area contributed by atoms with E-state index in [1.54, 1.807) is 19.1 Å². The van der Waals surface area contributed by atoms with Crippen LogP contribution in [0, 0.1) is 0 Å². The Morgan fingerprint density at radius 1 is 1.12 bits per heavy atom. The van der Waals surface area contributed by atoms with E-state index in [4.69, 9.17) is 0 Å². The number of carbonyl (C=O) groups is 1. The molecular weight excluding hydrogens is 345 g/mol. The van der Waals surface area contributed by atoms with E-state index in [1.165, 1.54) is 18.3 Å². The average Bonchev–Trinajstić information content (AvgIpc) is 2.59. The summed E-state index contributed by atoms with van der Waals surface area (Å²) in [6.45, 7) is 4.53. The lowest BCUT2D eigenvalue weighted by atomic mass is 10.0. The molecule has 0 aliphatic heterocycles. The third kappa shape index (κ3) is 5.75. The predicted molar refractivity (Wildman–Crippen MR) is 92.2 cm³/mol. The van der Waals surface area contributed by atoms with Crippen LogP contribution in [0.1, 0.15) is 54.3 Å². The number of hydrogen-bond acceptors (Lipinski definition) is 3. The number of alkyl halides is 3. The van der Waals surface area contributed by atoms with Crippen LogP contribution in [0.15, 0.2) is 42.6 Å². The number of nitrogens with zero attached hydrogens (tertiary/aromatic N) is 1. The molecule has 4 nitrogen and oxygen atoms in total. The molecule has 0 saturated heterocycles. The first-order valence-corrected chi connectivity index (χ1v) is 8.22. The topological polar surface area (TPSA) is 51.2 Å². The van der Waals surface area contributed by atoms with Crippen LogP contribution in [0.2, 0.25) is 0 Å². The highest BCUT2D eigenvalue weighted by Gasteiger charge is 2.28. The molecule has 0 radical (unpaired) electrons. The van der Waals surface area contributed by atoms with Crippen LogP contribution in [0.3, 0.4) is 0 Å². The van der Waals surface area contributed by atoms with Gasteiger partial charge in [0.25, 0.3) is 5.91 Å². The molecule has 1 atom stereocenters.